The molecule has 1 rings (SSSR count). The summed E-state index contributed by atoms with van der Waals surface area (Å²) in [6.45, 7) is 0. The normalized spacial score (nSPS) is 12.5. The molecule has 0 aromatic heterocycles. The third kappa shape index (κ3) is 2.88. The van der Waals surface area contributed by atoms with E-state index < -0.39 is 11.3 Å². The zero-order valence-corrected chi connectivity index (χ0v) is 6.98. The minimum Gasteiger partial charge on any atom is -0.755 e. The third-order valence-electron chi connectivity index (χ3n) is 1.03. The molecule has 1 aromatic rings. The van der Waals surface area contributed by atoms with Gasteiger partial charge in [-0.3, -0.25) is 4.21 Å². The van der Waals surface area contributed by atoms with Crippen LogP contribution < -0.4 is 4.72 Å². The molecule has 0 saturated carbocycles. The van der Waals surface area contributed by atoms with Gasteiger partial charge in [0.15, 0.2) is 0 Å². The first-order valence-electron chi connectivity index (χ1n) is 2.80. The molecule has 0 aliphatic heterocycles. The van der Waals surface area contributed by atoms with E-state index in [9.17, 15) is 8.76 Å². The fourth-order valence-corrected chi connectivity index (χ4v) is 1.16. The van der Waals surface area contributed by atoms with Crippen molar-refractivity contribution in [2.45, 2.75) is 0 Å². The highest BCUT2D eigenvalue weighted by Crippen LogP contribution is 2.14. The van der Waals surface area contributed by atoms with E-state index in [0.717, 1.165) is 0 Å². The summed E-state index contributed by atoms with van der Waals surface area (Å²) in [5.41, 5.74) is 0.464. The number of nitrogens with one attached hydrogen (secondary N) is 1. The van der Waals surface area contributed by atoms with Crippen molar-refractivity contribution < 1.29 is 8.76 Å². The van der Waals surface area contributed by atoms with E-state index in [4.69, 9.17) is 11.6 Å². The summed E-state index contributed by atoms with van der Waals surface area (Å²) < 4.78 is 22.4. The standard InChI is InChI=1S/C6H6ClNO2S/c7-5-2-1-3-6(4-5)8-11(9)10/h1-4,8H,(H,9,10)/p-1. The fourth-order valence-electron chi connectivity index (χ4n) is 0.648. The molecule has 11 heavy (non-hydrogen) atoms. The van der Waals surface area contributed by atoms with Crippen molar-refractivity contribution in [3.63, 3.8) is 0 Å². The zero-order valence-electron chi connectivity index (χ0n) is 5.41. The van der Waals surface area contributed by atoms with Gasteiger partial charge in [-0.15, -0.1) is 0 Å². The molecule has 0 amide bonds. The van der Waals surface area contributed by atoms with Crippen LogP contribution in [0, 0.1) is 0 Å². The molecular weight excluding hydrogens is 186 g/mol. The smallest absolute Gasteiger partial charge is 0.0467 e. The van der Waals surface area contributed by atoms with Crippen molar-refractivity contribution in [3.05, 3.63) is 29.3 Å². The SMILES string of the molecule is O=S([O-])Nc1cccc(Cl)c1. The summed E-state index contributed by atoms with van der Waals surface area (Å²) in [7, 11) is 0. The Kier molecular flexibility index (Phi) is 2.87. The van der Waals surface area contributed by atoms with E-state index >= 15 is 0 Å². The second kappa shape index (κ2) is 3.71. The third-order valence-corrected chi connectivity index (χ3v) is 1.66. The Bertz CT molecular complexity index is 279. The molecule has 5 heteroatoms. The number of hydrogen-bond acceptors (Lipinski definition) is 2. The van der Waals surface area contributed by atoms with Crippen molar-refractivity contribution in [2.75, 3.05) is 4.72 Å². The van der Waals surface area contributed by atoms with E-state index in [1.165, 1.54) is 6.07 Å². The molecule has 0 saturated heterocycles. The summed E-state index contributed by atoms with van der Waals surface area (Å²) in [5, 5.41) is 0.500. The molecule has 0 fully saturated rings. The monoisotopic (exact) mass is 190 g/mol. The van der Waals surface area contributed by atoms with Gasteiger partial charge in [0.1, 0.15) is 0 Å². The number of hydrogen-bond donors (Lipinski definition) is 1. The fraction of sp³-hybridized carbons (Fsp3) is 0. The van der Waals surface area contributed by atoms with E-state index in [-0.39, 0.29) is 0 Å². The predicted molar refractivity (Wildman–Crippen MR) is 44.0 cm³/mol. The molecule has 1 aromatic carbocycles. The average molecular weight is 191 g/mol. The van der Waals surface area contributed by atoms with Gasteiger partial charge in [0, 0.05) is 22.0 Å². The minimum absolute atomic E-state index is 0.464. The highest BCUT2D eigenvalue weighted by atomic mass is 35.5. The largest absolute Gasteiger partial charge is 0.755 e. The first kappa shape index (κ1) is 8.52. The van der Waals surface area contributed by atoms with Crippen LogP contribution in [0.1, 0.15) is 0 Å². The highest BCUT2D eigenvalue weighted by molar-refractivity contribution is 7.80. The summed E-state index contributed by atoms with van der Waals surface area (Å²) in [6.07, 6.45) is 0. The van der Waals surface area contributed by atoms with Gasteiger partial charge in [0.25, 0.3) is 0 Å². The van der Waals surface area contributed by atoms with Gasteiger partial charge in [-0.1, -0.05) is 17.7 Å². The molecule has 3 nitrogen and oxygen atoms in total. The van der Waals surface area contributed by atoms with Crippen LogP contribution in [0.25, 0.3) is 0 Å². The first-order valence-corrected chi connectivity index (χ1v) is 4.25. The molecule has 1 unspecified atom stereocenters. The van der Waals surface area contributed by atoms with Crippen LogP contribution in [0.4, 0.5) is 5.69 Å². The van der Waals surface area contributed by atoms with Gasteiger partial charge in [-0.05, 0) is 18.2 Å². The van der Waals surface area contributed by atoms with Crippen molar-refractivity contribution >= 4 is 28.6 Å². The lowest BCUT2D eigenvalue weighted by atomic mass is 10.3. The Morgan fingerprint density at radius 2 is 2.27 bits per heavy atom. The molecule has 60 valence electrons. The number of rotatable bonds is 2. The van der Waals surface area contributed by atoms with Crippen molar-refractivity contribution in [1.82, 2.24) is 0 Å². The molecule has 0 aliphatic carbocycles. The maximum absolute atomic E-state index is 10.1. The van der Waals surface area contributed by atoms with Crippen molar-refractivity contribution in [2.24, 2.45) is 0 Å². The number of halogens is 1. The molecule has 0 aliphatic rings. The predicted octanol–water partition coefficient (Wildman–Crippen LogP) is 1.55. The van der Waals surface area contributed by atoms with Crippen molar-refractivity contribution in [1.29, 1.82) is 0 Å². The van der Waals surface area contributed by atoms with Crippen LogP contribution in [0.3, 0.4) is 0 Å². The zero-order chi connectivity index (χ0) is 8.27. The molecule has 0 spiro atoms. The van der Waals surface area contributed by atoms with Crippen LogP contribution >= 0.6 is 11.6 Å². The van der Waals surface area contributed by atoms with Gasteiger partial charge in [0.05, 0.1) is 0 Å². The van der Waals surface area contributed by atoms with Gasteiger partial charge >= 0.3 is 0 Å². The quantitative estimate of drug-likeness (QED) is 0.720. The molecule has 0 heterocycles. The Hall–Kier alpha value is -0.580. The van der Waals surface area contributed by atoms with E-state index in [1.807, 2.05) is 0 Å². The Morgan fingerprint density at radius 3 is 2.82 bits per heavy atom. The van der Waals surface area contributed by atoms with E-state index in [1.54, 1.807) is 18.2 Å². The van der Waals surface area contributed by atoms with Crippen molar-refractivity contribution in [3.8, 4) is 0 Å². The second-order valence-electron chi connectivity index (χ2n) is 1.85. The maximum Gasteiger partial charge on any atom is 0.0467 e. The Morgan fingerprint density at radius 1 is 1.55 bits per heavy atom. The number of benzene rings is 1. The molecular formula is C6H5ClNO2S-. The lowest BCUT2D eigenvalue weighted by molar-refractivity contribution is 0.542. The lowest BCUT2D eigenvalue weighted by Gasteiger charge is -2.07. The van der Waals surface area contributed by atoms with Crippen LogP contribution in [0.15, 0.2) is 24.3 Å². The summed E-state index contributed by atoms with van der Waals surface area (Å²) in [6, 6.07) is 6.47. The van der Waals surface area contributed by atoms with E-state index in [0.29, 0.717) is 10.7 Å². The van der Waals surface area contributed by atoms with Crippen LogP contribution in [0.5, 0.6) is 0 Å². The van der Waals surface area contributed by atoms with E-state index in [2.05, 4.69) is 4.72 Å². The molecule has 0 bridgehead atoms. The minimum atomic E-state index is -2.28. The first-order chi connectivity index (χ1) is 5.18. The summed E-state index contributed by atoms with van der Waals surface area (Å²) >= 11 is 3.30. The molecule has 0 radical (unpaired) electrons. The highest BCUT2D eigenvalue weighted by Gasteiger charge is 1.90. The lowest BCUT2D eigenvalue weighted by Crippen LogP contribution is -2.01. The molecule has 1 N–H and O–H groups in total. The van der Waals surface area contributed by atoms with Crippen LogP contribution in [-0.4, -0.2) is 8.76 Å². The average Bonchev–Trinajstić information content (AvgIpc) is 1.85. The van der Waals surface area contributed by atoms with Crippen LogP contribution in [-0.2, 0) is 11.3 Å². The topological polar surface area (TPSA) is 52.2 Å². The second-order valence-corrected chi connectivity index (χ2v) is 2.96. The van der Waals surface area contributed by atoms with Gasteiger partial charge in [-0.2, -0.15) is 0 Å². The van der Waals surface area contributed by atoms with Crippen LogP contribution in [0.2, 0.25) is 5.02 Å². The van der Waals surface area contributed by atoms with Gasteiger partial charge < -0.3 is 9.27 Å². The summed E-state index contributed by atoms with van der Waals surface area (Å²) in [5.74, 6) is 0. The Balaban J connectivity index is 2.79. The van der Waals surface area contributed by atoms with Gasteiger partial charge in [0.2, 0.25) is 0 Å². The summed E-state index contributed by atoms with van der Waals surface area (Å²) in [4.78, 5) is 0. The number of anilines is 1. The molecule has 1 atom stereocenters. The van der Waals surface area contributed by atoms with Gasteiger partial charge in [-0.25, -0.2) is 0 Å². The Labute approximate surface area is 71.8 Å². The maximum atomic E-state index is 10.1.